The van der Waals surface area contributed by atoms with Crippen LogP contribution in [0.2, 0.25) is 0 Å². The lowest BCUT2D eigenvalue weighted by Gasteiger charge is -2.09. The van der Waals surface area contributed by atoms with Gasteiger partial charge in [-0.05, 0) is 30.2 Å². The summed E-state index contributed by atoms with van der Waals surface area (Å²) in [4.78, 5) is 10.2. The van der Waals surface area contributed by atoms with Crippen molar-refractivity contribution in [2.45, 2.75) is 13.8 Å². The Bertz CT molecular complexity index is 271. The van der Waals surface area contributed by atoms with E-state index in [1.165, 1.54) is 12.1 Å². The van der Waals surface area contributed by atoms with Gasteiger partial charge in [0, 0.05) is 0 Å². The molecule has 0 N–H and O–H groups in total. The fraction of sp³-hybridized carbons (Fsp3) is 0.250. The van der Waals surface area contributed by atoms with Crippen LogP contribution in [0.15, 0.2) is 17.3 Å². The van der Waals surface area contributed by atoms with Gasteiger partial charge in [-0.1, -0.05) is 12.1 Å². The summed E-state index contributed by atoms with van der Waals surface area (Å²) in [6, 6.07) is 2.81. The topological polar surface area (TPSA) is 52.5 Å². The zero-order valence-electron chi connectivity index (χ0n) is 6.42. The van der Waals surface area contributed by atoms with Crippen LogP contribution in [-0.4, -0.2) is 0 Å². The first kappa shape index (κ1) is 7.72. The van der Waals surface area contributed by atoms with Crippen molar-refractivity contribution in [2.75, 3.05) is 0 Å². The van der Waals surface area contributed by atoms with Gasteiger partial charge in [-0.3, -0.25) is 0 Å². The van der Waals surface area contributed by atoms with Crippen molar-refractivity contribution in [1.82, 2.24) is 0 Å². The lowest BCUT2D eigenvalue weighted by atomic mass is 10.1. The van der Waals surface area contributed by atoms with E-state index in [0.717, 1.165) is 0 Å². The van der Waals surface area contributed by atoms with E-state index in [1.807, 2.05) is 0 Å². The van der Waals surface area contributed by atoms with E-state index in [9.17, 15) is 10.0 Å². The molecule has 0 saturated carbocycles. The SMILES string of the molecule is Cc1cc([O-])cc(C)c1N=O. The maximum absolute atomic E-state index is 10.8. The lowest BCUT2D eigenvalue weighted by molar-refractivity contribution is -0.268. The summed E-state index contributed by atoms with van der Waals surface area (Å²) < 4.78 is 0. The zero-order chi connectivity index (χ0) is 8.43. The summed E-state index contributed by atoms with van der Waals surface area (Å²) in [5, 5.41) is 13.7. The molecule has 11 heavy (non-hydrogen) atoms. The first-order valence-electron chi connectivity index (χ1n) is 3.27. The van der Waals surface area contributed by atoms with Gasteiger partial charge in [0.2, 0.25) is 0 Å². The second-order valence-electron chi connectivity index (χ2n) is 2.50. The van der Waals surface area contributed by atoms with E-state index < -0.39 is 0 Å². The molecule has 58 valence electrons. The van der Waals surface area contributed by atoms with Crippen molar-refractivity contribution in [1.29, 1.82) is 0 Å². The third kappa shape index (κ3) is 1.37. The van der Waals surface area contributed by atoms with Crippen molar-refractivity contribution in [2.24, 2.45) is 5.18 Å². The minimum absolute atomic E-state index is 0.0765. The van der Waals surface area contributed by atoms with Crippen LogP contribution in [0, 0.1) is 18.8 Å². The zero-order valence-corrected chi connectivity index (χ0v) is 6.42. The van der Waals surface area contributed by atoms with Gasteiger partial charge in [-0.15, -0.1) is 10.7 Å². The Morgan fingerprint density at radius 2 is 1.73 bits per heavy atom. The first-order chi connectivity index (χ1) is 5.15. The minimum atomic E-state index is -0.0765. The summed E-state index contributed by atoms with van der Waals surface area (Å²) in [6.45, 7) is 3.40. The molecule has 0 saturated heterocycles. The highest BCUT2D eigenvalue weighted by Gasteiger charge is 2.00. The molecule has 0 atom stereocenters. The Hall–Kier alpha value is -1.38. The smallest absolute Gasteiger partial charge is 0.113 e. The Kier molecular flexibility index (Phi) is 1.89. The van der Waals surface area contributed by atoms with Crippen LogP contribution < -0.4 is 5.11 Å². The molecule has 0 fully saturated rings. The van der Waals surface area contributed by atoms with Crippen molar-refractivity contribution in [3.63, 3.8) is 0 Å². The summed E-state index contributed by atoms with van der Waals surface area (Å²) in [7, 11) is 0. The minimum Gasteiger partial charge on any atom is -0.872 e. The molecule has 0 spiro atoms. The second kappa shape index (κ2) is 2.70. The predicted octanol–water partition coefficient (Wildman–Crippen LogP) is 1.77. The monoisotopic (exact) mass is 150 g/mol. The highest BCUT2D eigenvalue weighted by Crippen LogP contribution is 2.26. The highest BCUT2D eigenvalue weighted by molar-refractivity contribution is 5.54. The molecule has 0 unspecified atom stereocenters. The molecule has 0 aliphatic heterocycles. The number of aryl methyl sites for hydroxylation is 2. The number of nitrogens with zero attached hydrogens (tertiary/aromatic N) is 1. The fourth-order valence-electron chi connectivity index (χ4n) is 1.06. The van der Waals surface area contributed by atoms with Crippen LogP contribution in [0.1, 0.15) is 11.1 Å². The average molecular weight is 150 g/mol. The number of benzene rings is 1. The van der Waals surface area contributed by atoms with Crippen molar-refractivity contribution in [3.8, 4) is 5.75 Å². The lowest BCUT2D eigenvalue weighted by Crippen LogP contribution is -1.91. The average Bonchev–Trinajstić information content (AvgIpc) is 1.85. The van der Waals surface area contributed by atoms with Crippen LogP contribution in [0.3, 0.4) is 0 Å². The van der Waals surface area contributed by atoms with E-state index >= 15 is 0 Å². The molecule has 0 radical (unpaired) electrons. The van der Waals surface area contributed by atoms with Gasteiger partial charge >= 0.3 is 0 Å². The molecule has 1 aromatic rings. The Labute approximate surface area is 64.7 Å². The number of rotatable bonds is 1. The van der Waals surface area contributed by atoms with Gasteiger partial charge in [-0.2, -0.15) is 0 Å². The van der Waals surface area contributed by atoms with Crippen LogP contribution in [0.4, 0.5) is 5.69 Å². The van der Waals surface area contributed by atoms with Gasteiger partial charge in [0.25, 0.3) is 0 Å². The quantitative estimate of drug-likeness (QED) is 0.573. The van der Waals surface area contributed by atoms with E-state index in [1.54, 1.807) is 13.8 Å². The van der Waals surface area contributed by atoms with Crippen LogP contribution >= 0.6 is 0 Å². The van der Waals surface area contributed by atoms with Crippen molar-refractivity contribution in [3.05, 3.63) is 28.2 Å². The largest absolute Gasteiger partial charge is 0.872 e. The molecule has 0 amide bonds. The maximum Gasteiger partial charge on any atom is 0.113 e. The highest BCUT2D eigenvalue weighted by atomic mass is 16.3. The molecule has 1 aromatic carbocycles. The van der Waals surface area contributed by atoms with Crippen molar-refractivity contribution >= 4 is 5.69 Å². The third-order valence-corrected chi connectivity index (χ3v) is 1.56. The van der Waals surface area contributed by atoms with Gasteiger partial charge < -0.3 is 5.11 Å². The summed E-state index contributed by atoms with van der Waals surface area (Å²) in [6.07, 6.45) is 0. The Morgan fingerprint density at radius 3 is 2.09 bits per heavy atom. The maximum atomic E-state index is 10.8. The molecule has 0 aliphatic carbocycles. The van der Waals surface area contributed by atoms with Gasteiger partial charge in [0.05, 0.1) is 0 Å². The molecular weight excluding hydrogens is 142 g/mol. The van der Waals surface area contributed by atoms with Gasteiger partial charge in [0.1, 0.15) is 5.69 Å². The third-order valence-electron chi connectivity index (χ3n) is 1.56. The molecule has 3 heteroatoms. The Balaban J connectivity index is 3.36. The van der Waals surface area contributed by atoms with Crippen LogP contribution in [0.25, 0.3) is 0 Å². The molecule has 0 aliphatic rings. The number of hydrogen-bond donors (Lipinski definition) is 0. The van der Waals surface area contributed by atoms with Gasteiger partial charge in [0.15, 0.2) is 0 Å². The van der Waals surface area contributed by atoms with Gasteiger partial charge in [-0.25, -0.2) is 0 Å². The predicted molar refractivity (Wildman–Crippen MR) is 40.8 cm³/mol. The summed E-state index contributed by atoms with van der Waals surface area (Å²) in [5.74, 6) is -0.0765. The number of hydrogen-bond acceptors (Lipinski definition) is 3. The molecule has 0 aromatic heterocycles. The van der Waals surface area contributed by atoms with E-state index in [-0.39, 0.29) is 5.75 Å². The molecule has 0 bridgehead atoms. The Morgan fingerprint density at radius 1 is 1.27 bits per heavy atom. The first-order valence-corrected chi connectivity index (χ1v) is 3.27. The van der Waals surface area contributed by atoms with Crippen LogP contribution in [-0.2, 0) is 0 Å². The molecule has 1 rings (SSSR count). The summed E-state index contributed by atoms with van der Waals surface area (Å²) >= 11 is 0. The van der Waals surface area contributed by atoms with E-state index in [0.29, 0.717) is 16.8 Å². The molecule has 3 nitrogen and oxygen atoms in total. The van der Waals surface area contributed by atoms with Crippen molar-refractivity contribution < 1.29 is 5.11 Å². The van der Waals surface area contributed by atoms with E-state index in [4.69, 9.17) is 0 Å². The van der Waals surface area contributed by atoms with Crippen LogP contribution in [0.5, 0.6) is 5.75 Å². The summed E-state index contributed by atoms with van der Waals surface area (Å²) in [5.41, 5.74) is 1.67. The molecule has 0 heterocycles. The normalized spacial score (nSPS) is 9.64. The second-order valence-corrected chi connectivity index (χ2v) is 2.50. The standard InChI is InChI=1S/C8H9NO2/c1-5-3-7(10)4-6(2)8(5)9-11/h3-4,10H,1-2H3/p-1. The molecular formula is C8H8NO2-. The van der Waals surface area contributed by atoms with E-state index in [2.05, 4.69) is 5.18 Å². The number of nitroso groups, excluding NO2 is 1. The fourth-order valence-corrected chi connectivity index (χ4v) is 1.06.